The summed E-state index contributed by atoms with van der Waals surface area (Å²) in [6.45, 7) is 3.92. The molecule has 1 aliphatic heterocycles. The van der Waals surface area contributed by atoms with Crippen LogP contribution >= 0.6 is 11.8 Å². The molecule has 2 amide bonds. The molecule has 1 aromatic carbocycles. The molecule has 0 radical (unpaired) electrons. The summed E-state index contributed by atoms with van der Waals surface area (Å²) in [5.74, 6) is -0.172. The lowest BCUT2D eigenvalue weighted by molar-refractivity contribution is -0.129. The molecule has 0 atom stereocenters. The molecule has 1 fully saturated rings. The third kappa shape index (κ3) is 4.76. The second kappa shape index (κ2) is 9.29. The first-order valence-electron chi connectivity index (χ1n) is 9.86. The summed E-state index contributed by atoms with van der Waals surface area (Å²) in [6.07, 6.45) is -0.345. The van der Waals surface area contributed by atoms with Crippen molar-refractivity contribution in [1.29, 1.82) is 0 Å². The molecular weight excluding hydrogens is 423 g/mol. The number of ether oxygens (including phenoxy) is 1. The number of halogens is 1. The van der Waals surface area contributed by atoms with Crippen LogP contribution in [0.1, 0.15) is 6.92 Å². The van der Waals surface area contributed by atoms with Crippen LogP contribution in [0.5, 0.6) is 0 Å². The van der Waals surface area contributed by atoms with Crippen molar-refractivity contribution in [2.45, 2.75) is 12.1 Å². The van der Waals surface area contributed by atoms with Gasteiger partial charge < -0.3 is 14.5 Å². The largest absolute Gasteiger partial charge is 0.450 e. The standard InChI is InChI=1S/C20H21FN6O3S/c1-2-30-20(29)26-11-9-25(10-12-26)18(28)13-31-19-23-22-17-8-7-16(24-27(17)19)14-3-5-15(21)6-4-14/h3-8H,2,9-13H2,1H3. The van der Waals surface area contributed by atoms with Gasteiger partial charge in [0.05, 0.1) is 18.1 Å². The Morgan fingerprint density at radius 1 is 1.03 bits per heavy atom. The Kier molecular flexibility index (Phi) is 6.31. The summed E-state index contributed by atoms with van der Waals surface area (Å²) < 4.78 is 19.8. The Labute approximate surface area is 182 Å². The lowest BCUT2D eigenvalue weighted by Gasteiger charge is -2.33. The first-order chi connectivity index (χ1) is 15.0. The highest BCUT2D eigenvalue weighted by Crippen LogP contribution is 2.21. The highest BCUT2D eigenvalue weighted by atomic mass is 32.2. The Morgan fingerprint density at radius 3 is 2.45 bits per heavy atom. The van der Waals surface area contributed by atoms with E-state index >= 15 is 0 Å². The zero-order valence-electron chi connectivity index (χ0n) is 16.9. The van der Waals surface area contributed by atoms with Crippen molar-refractivity contribution >= 4 is 29.4 Å². The fourth-order valence-corrected chi connectivity index (χ4v) is 3.99. The van der Waals surface area contributed by atoms with Crippen molar-refractivity contribution < 1.29 is 18.7 Å². The van der Waals surface area contributed by atoms with Gasteiger partial charge in [0.2, 0.25) is 11.1 Å². The molecule has 2 aromatic heterocycles. The molecule has 0 N–H and O–H groups in total. The number of hydrogen-bond acceptors (Lipinski definition) is 7. The number of rotatable bonds is 5. The molecule has 0 saturated carbocycles. The monoisotopic (exact) mass is 444 g/mol. The van der Waals surface area contributed by atoms with E-state index in [0.717, 1.165) is 5.56 Å². The predicted octanol–water partition coefficient (Wildman–Crippen LogP) is 2.32. The molecule has 0 bridgehead atoms. The summed E-state index contributed by atoms with van der Waals surface area (Å²) in [4.78, 5) is 27.7. The van der Waals surface area contributed by atoms with Crippen molar-refractivity contribution in [3.05, 3.63) is 42.2 Å². The summed E-state index contributed by atoms with van der Waals surface area (Å²) in [7, 11) is 0. The van der Waals surface area contributed by atoms with E-state index in [1.807, 2.05) is 0 Å². The molecule has 162 valence electrons. The lowest BCUT2D eigenvalue weighted by Crippen LogP contribution is -2.51. The number of benzene rings is 1. The molecular formula is C20H21FN6O3S. The van der Waals surface area contributed by atoms with Gasteiger partial charge in [-0.05, 0) is 43.3 Å². The molecule has 11 heteroatoms. The summed E-state index contributed by atoms with van der Waals surface area (Å²) in [5, 5.41) is 13.3. The molecule has 9 nitrogen and oxygen atoms in total. The van der Waals surface area contributed by atoms with Gasteiger partial charge in [-0.25, -0.2) is 9.18 Å². The topological polar surface area (TPSA) is 92.9 Å². The van der Waals surface area contributed by atoms with Gasteiger partial charge in [0.25, 0.3) is 0 Å². The molecule has 3 aromatic rings. The number of nitrogens with zero attached hydrogens (tertiary/aromatic N) is 6. The van der Waals surface area contributed by atoms with E-state index in [9.17, 15) is 14.0 Å². The molecule has 1 aliphatic rings. The number of carbonyl (C=O) groups excluding carboxylic acids is 2. The third-order valence-corrected chi connectivity index (χ3v) is 5.76. The maximum Gasteiger partial charge on any atom is 0.409 e. The van der Waals surface area contributed by atoms with Crippen LogP contribution in [0, 0.1) is 5.82 Å². The van der Waals surface area contributed by atoms with E-state index in [-0.39, 0.29) is 23.6 Å². The summed E-state index contributed by atoms with van der Waals surface area (Å²) in [6, 6.07) is 9.63. The van der Waals surface area contributed by atoms with Gasteiger partial charge in [0.1, 0.15) is 5.82 Å². The zero-order chi connectivity index (χ0) is 21.8. The minimum atomic E-state index is -0.345. The quantitative estimate of drug-likeness (QED) is 0.558. The lowest BCUT2D eigenvalue weighted by atomic mass is 10.1. The van der Waals surface area contributed by atoms with Gasteiger partial charge in [-0.2, -0.15) is 9.61 Å². The van der Waals surface area contributed by atoms with Crippen LogP contribution in [0.4, 0.5) is 9.18 Å². The highest BCUT2D eigenvalue weighted by Gasteiger charge is 2.25. The Hall–Kier alpha value is -3.21. The van der Waals surface area contributed by atoms with Crippen LogP contribution in [0.3, 0.4) is 0 Å². The van der Waals surface area contributed by atoms with E-state index in [4.69, 9.17) is 4.74 Å². The van der Waals surface area contributed by atoms with Crippen LogP contribution < -0.4 is 0 Å². The first-order valence-corrected chi connectivity index (χ1v) is 10.8. The van der Waals surface area contributed by atoms with Gasteiger partial charge in [0.15, 0.2) is 5.65 Å². The van der Waals surface area contributed by atoms with Crippen molar-refractivity contribution in [2.75, 3.05) is 38.5 Å². The van der Waals surface area contributed by atoms with Crippen molar-refractivity contribution in [1.82, 2.24) is 29.6 Å². The fraction of sp³-hybridized carbons (Fsp3) is 0.350. The van der Waals surface area contributed by atoms with Crippen molar-refractivity contribution in [3.63, 3.8) is 0 Å². The smallest absolute Gasteiger partial charge is 0.409 e. The second-order valence-electron chi connectivity index (χ2n) is 6.83. The van der Waals surface area contributed by atoms with Crippen LogP contribution in [-0.4, -0.2) is 80.2 Å². The van der Waals surface area contributed by atoms with E-state index in [0.29, 0.717) is 49.3 Å². The van der Waals surface area contributed by atoms with Gasteiger partial charge in [-0.15, -0.1) is 10.2 Å². The molecule has 4 rings (SSSR count). The minimum Gasteiger partial charge on any atom is -0.450 e. The van der Waals surface area contributed by atoms with Crippen LogP contribution in [0.2, 0.25) is 0 Å². The molecule has 3 heterocycles. The predicted molar refractivity (Wildman–Crippen MR) is 112 cm³/mol. The number of carbonyl (C=O) groups is 2. The van der Waals surface area contributed by atoms with E-state index in [1.54, 1.807) is 45.5 Å². The van der Waals surface area contributed by atoms with Gasteiger partial charge in [-0.1, -0.05) is 11.8 Å². The van der Waals surface area contributed by atoms with Gasteiger partial charge in [-0.3, -0.25) is 4.79 Å². The number of piperazine rings is 1. The Balaban J connectivity index is 1.39. The van der Waals surface area contributed by atoms with Crippen molar-refractivity contribution in [3.8, 4) is 11.3 Å². The van der Waals surface area contributed by atoms with E-state index < -0.39 is 0 Å². The Bertz CT molecular complexity index is 1080. The average Bonchev–Trinajstić information content (AvgIpc) is 3.20. The Morgan fingerprint density at radius 2 is 1.74 bits per heavy atom. The maximum atomic E-state index is 13.2. The van der Waals surface area contributed by atoms with Crippen LogP contribution in [-0.2, 0) is 9.53 Å². The SMILES string of the molecule is CCOC(=O)N1CCN(C(=O)CSc2nnc3ccc(-c4ccc(F)cc4)nn23)CC1. The minimum absolute atomic E-state index is 0.0417. The van der Waals surface area contributed by atoms with Gasteiger partial charge in [0, 0.05) is 31.7 Å². The number of amides is 2. The van der Waals surface area contributed by atoms with Crippen molar-refractivity contribution in [2.24, 2.45) is 0 Å². The maximum absolute atomic E-state index is 13.2. The molecule has 0 unspecified atom stereocenters. The summed E-state index contributed by atoms with van der Waals surface area (Å²) in [5.41, 5.74) is 1.97. The molecule has 0 spiro atoms. The fourth-order valence-electron chi connectivity index (χ4n) is 3.20. The third-order valence-electron chi connectivity index (χ3n) is 4.86. The first kappa shape index (κ1) is 21.0. The number of aromatic nitrogens is 4. The zero-order valence-corrected chi connectivity index (χ0v) is 17.7. The molecule has 31 heavy (non-hydrogen) atoms. The average molecular weight is 444 g/mol. The van der Waals surface area contributed by atoms with Crippen LogP contribution in [0.15, 0.2) is 41.6 Å². The van der Waals surface area contributed by atoms with E-state index in [2.05, 4.69) is 15.3 Å². The second-order valence-corrected chi connectivity index (χ2v) is 7.78. The molecule has 0 aliphatic carbocycles. The summed E-state index contributed by atoms with van der Waals surface area (Å²) >= 11 is 1.25. The number of thioether (sulfide) groups is 1. The van der Waals surface area contributed by atoms with Crippen LogP contribution in [0.25, 0.3) is 16.9 Å². The normalized spacial score (nSPS) is 14.1. The number of hydrogen-bond donors (Lipinski definition) is 0. The van der Waals surface area contributed by atoms with Gasteiger partial charge >= 0.3 is 6.09 Å². The highest BCUT2D eigenvalue weighted by molar-refractivity contribution is 7.99. The molecule has 1 saturated heterocycles. The van der Waals surface area contributed by atoms with E-state index in [1.165, 1.54) is 23.9 Å². The number of fused-ring (bicyclic) bond motifs is 1.